The van der Waals surface area contributed by atoms with Crippen molar-refractivity contribution in [3.8, 4) is 0 Å². The van der Waals surface area contributed by atoms with Crippen LogP contribution in [0.5, 0.6) is 0 Å². The molecule has 1 heterocycles. The fraction of sp³-hybridized carbons (Fsp3) is 0.562. The maximum Gasteiger partial charge on any atom is 0.251 e. The van der Waals surface area contributed by atoms with Crippen LogP contribution in [0.2, 0.25) is 10.0 Å². The van der Waals surface area contributed by atoms with Crippen LogP contribution in [0, 0.1) is 5.92 Å². The highest BCUT2D eigenvalue weighted by molar-refractivity contribution is 6.35. The summed E-state index contributed by atoms with van der Waals surface area (Å²) in [7, 11) is 0. The molecule has 0 spiro atoms. The van der Waals surface area contributed by atoms with Crippen molar-refractivity contribution in [2.75, 3.05) is 26.2 Å². The van der Waals surface area contributed by atoms with Gasteiger partial charge >= 0.3 is 0 Å². The third-order valence-electron chi connectivity index (χ3n) is 3.94. The lowest BCUT2D eigenvalue weighted by atomic mass is 9.99. The first-order valence-corrected chi connectivity index (χ1v) is 8.27. The minimum atomic E-state index is -0.119. The predicted molar refractivity (Wildman–Crippen MR) is 88.3 cm³/mol. The molecule has 1 aliphatic heterocycles. The van der Waals surface area contributed by atoms with Crippen molar-refractivity contribution in [2.45, 2.75) is 26.2 Å². The number of hydrogen-bond donors (Lipinski definition) is 1. The van der Waals surface area contributed by atoms with Crippen molar-refractivity contribution in [1.29, 1.82) is 0 Å². The van der Waals surface area contributed by atoms with Gasteiger partial charge in [0.2, 0.25) is 0 Å². The van der Waals surface area contributed by atoms with E-state index in [0.29, 0.717) is 22.2 Å². The molecule has 0 aliphatic carbocycles. The summed E-state index contributed by atoms with van der Waals surface area (Å²) in [5.41, 5.74) is 0.513. The van der Waals surface area contributed by atoms with E-state index >= 15 is 0 Å². The monoisotopic (exact) mass is 328 g/mol. The van der Waals surface area contributed by atoms with Crippen molar-refractivity contribution < 1.29 is 4.79 Å². The van der Waals surface area contributed by atoms with Crippen LogP contribution in [0.1, 0.15) is 36.5 Å². The van der Waals surface area contributed by atoms with E-state index in [1.54, 1.807) is 18.2 Å². The molecule has 0 atom stereocenters. The van der Waals surface area contributed by atoms with Crippen molar-refractivity contribution in [3.63, 3.8) is 0 Å². The molecule has 1 aromatic carbocycles. The molecule has 0 bridgehead atoms. The second-order valence-electron chi connectivity index (χ2n) is 5.79. The Morgan fingerprint density at radius 2 is 1.86 bits per heavy atom. The fourth-order valence-electron chi connectivity index (χ4n) is 2.58. The summed E-state index contributed by atoms with van der Waals surface area (Å²) in [5, 5.41) is 3.88. The second kappa shape index (κ2) is 8.02. The van der Waals surface area contributed by atoms with E-state index in [1.807, 2.05) is 0 Å². The van der Waals surface area contributed by atoms with E-state index in [0.717, 1.165) is 18.9 Å². The quantitative estimate of drug-likeness (QED) is 0.833. The van der Waals surface area contributed by atoms with Crippen molar-refractivity contribution in [3.05, 3.63) is 33.8 Å². The Bertz CT molecular complexity index is 465. The molecule has 116 valence electrons. The van der Waals surface area contributed by atoms with Gasteiger partial charge in [-0.05, 0) is 63.0 Å². The number of piperidine rings is 1. The molecule has 1 aromatic rings. The van der Waals surface area contributed by atoms with Gasteiger partial charge in [-0.15, -0.1) is 0 Å². The maximum absolute atomic E-state index is 12.0. The molecule has 3 nitrogen and oxygen atoms in total. The van der Waals surface area contributed by atoms with Gasteiger partial charge in [-0.1, -0.05) is 30.1 Å². The SMILES string of the molecule is CC1CCN(CCCNC(=O)c2cc(Cl)cc(Cl)c2)CC1. The summed E-state index contributed by atoms with van der Waals surface area (Å²) in [6.07, 6.45) is 3.54. The van der Waals surface area contributed by atoms with E-state index in [2.05, 4.69) is 17.1 Å². The second-order valence-corrected chi connectivity index (χ2v) is 6.66. The van der Waals surface area contributed by atoms with Gasteiger partial charge in [-0.25, -0.2) is 0 Å². The lowest BCUT2D eigenvalue weighted by molar-refractivity contribution is 0.0950. The van der Waals surface area contributed by atoms with E-state index in [4.69, 9.17) is 23.2 Å². The Hall–Kier alpha value is -0.770. The highest BCUT2D eigenvalue weighted by Gasteiger charge is 2.15. The Labute approximate surface area is 136 Å². The number of nitrogens with one attached hydrogen (secondary N) is 1. The standard InChI is InChI=1S/C16H22Cl2N2O/c1-12-3-7-20(8-4-12)6-2-5-19-16(21)13-9-14(17)11-15(18)10-13/h9-12H,2-8H2,1H3,(H,19,21). The highest BCUT2D eigenvalue weighted by Crippen LogP contribution is 2.19. The van der Waals surface area contributed by atoms with Gasteiger partial charge in [0.25, 0.3) is 5.91 Å². The summed E-state index contributed by atoms with van der Waals surface area (Å²) in [6.45, 7) is 6.39. The molecule has 1 amide bonds. The van der Waals surface area contributed by atoms with Gasteiger partial charge in [0.15, 0.2) is 0 Å². The molecule has 0 aromatic heterocycles. The Morgan fingerprint density at radius 1 is 1.24 bits per heavy atom. The summed E-state index contributed by atoms with van der Waals surface area (Å²) < 4.78 is 0. The Balaban J connectivity index is 1.69. The molecular formula is C16H22Cl2N2O. The zero-order valence-electron chi connectivity index (χ0n) is 12.4. The lowest BCUT2D eigenvalue weighted by Crippen LogP contribution is -2.35. The normalized spacial score (nSPS) is 16.9. The van der Waals surface area contributed by atoms with Gasteiger partial charge in [0.05, 0.1) is 0 Å². The maximum atomic E-state index is 12.0. The average molecular weight is 329 g/mol. The van der Waals surface area contributed by atoms with Crippen LogP contribution in [-0.2, 0) is 0 Å². The number of amides is 1. The number of carbonyl (C=O) groups is 1. The molecule has 1 aliphatic rings. The smallest absolute Gasteiger partial charge is 0.251 e. The molecule has 0 unspecified atom stereocenters. The lowest BCUT2D eigenvalue weighted by Gasteiger charge is -2.30. The van der Waals surface area contributed by atoms with Crippen LogP contribution in [-0.4, -0.2) is 37.0 Å². The first-order chi connectivity index (χ1) is 10.0. The average Bonchev–Trinajstić information content (AvgIpc) is 2.44. The third-order valence-corrected chi connectivity index (χ3v) is 4.37. The van der Waals surface area contributed by atoms with Gasteiger partial charge < -0.3 is 10.2 Å². The molecule has 0 saturated carbocycles. The summed E-state index contributed by atoms with van der Waals surface area (Å²) >= 11 is 11.8. The van der Waals surface area contributed by atoms with Crippen molar-refractivity contribution in [2.24, 2.45) is 5.92 Å². The van der Waals surface area contributed by atoms with Crippen LogP contribution in [0.3, 0.4) is 0 Å². The summed E-state index contributed by atoms with van der Waals surface area (Å²) in [6, 6.07) is 4.89. The fourth-order valence-corrected chi connectivity index (χ4v) is 3.10. The van der Waals surface area contributed by atoms with E-state index in [9.17, 15) is 4.79 Å². The van der Waals surface area contributed by atoms with E-state index < -0.39 is 0 Å². The highest BCUT2D eigenvalue weighted by atomic mass is 35.5. The largest absolute Gasteiger partial charge is 0.352 e. The topological polar surface area (TPSA) is 32.3 Å². The van der Waals surface area contributed by atoms with Crippen LogP contribution >= 0.6 is 23.2 Å². The zero-order chi connectivity index (χ0) is 15.2. The minimum absolute atomic E-state index is 0.119. The van der Waals surface area contributed by atoms with Crippen molar-refractivity contribution in [1.82, 2.24) is 10.2 Å². The van der Waals surface area contributed by atoms with Gasteiger partial charge in [0, 0.05) is 22.2 Å². The number of halogens is 2. The molecule has 1 saturated heterocycles. The number of hydrogen-bond acceptors (Lipinski definition) is 2. The number of rotatable bonds is 5. The molecule has 1 N–H and O–H groups in total. The van der Waals surface area contributed by atoms with Crippen molar-refractivity contribution >= 4 is 29.1 Å². The molecule has 2 rings (SSSR count). The third kappa shape index (κ3) is 5.50. The number of carbonyl (C=O) groups excluding carboxylic acids is 1. The molecule has 0 radical (unpaired) electrons. The van der Waals surface area contributed by atoms with Gasteiger partial charge in [-0.3, -0.25) is 4.79 Å². The van der Waals surface area contributed by atoms with Crippen LogP contribution in [0.15, 0.2) is 18.2 Å². The molecule has 21 heavy (non-hydrogen) atoms. The predicted octanol–water partition coefficient (Wildman–Crippen LogP) is 3.85. The zero-order valence-corrected chi connectivity index (χ0v) is 13.9. The van der Waals surface area contributed by atoms with E-state index in [1.165, 1.54) is 25.9 Å². The minimum Gasteiger partial charge on any atom is -0.352 e. The number of likely N-dealkylation sites (tertiary alicyclic amines) is 1. The molecule has 1 fully saturated rings. The first kappa shape index (κ1) is 16.6. The van der Waals surface area contributed by atoms with Crippen LogP contribution < -0.4 is 5.32 Å². The van der Waals surface area contributed by atoms with E-state index in [-0.39, 0.29) is 5.91 Å². The Kier molecular flexibility index (Phi) is 6.34. The molecular weight excluding hydrogens is 307 g/mol. The number of nitrogens with zero attached hydrogens (tertiary/aromatic N) is 1. The number of benzene rings is 1. The van der Waals surface area contributed by atoms with Crippen LogP contribution in [0.4, 0.5) is 0 Å². The summed E-state index contributed by atoms with van der Waals surface area (Å²) in [5.74, 6) is 0.736. The molecule has 5 heteroatoms. The summed E-state index contributed by atoms with van der Waals surface area (Å²) in [4.78, 5) is 14.5. The first-order valence-electron chi connectivity index (χ1n) is 7.51. The van der Waals surface area contributed by atoms with Gasteiger partial charge in [-0.2, -0.15) is 0 Å². The van der Waals surface area contributed by atoms with Crippen LogP contribution in [0.25, 0.3) is 0 Å². The Morgan fingerprint density at radius 3 is 2.48 bits per heavy atom. The van der Waals surface area contributed by atoms with Gasteiger partial charge in [0.1, 0.15) is 0 Å².